The minimum atomic E-state index is -1.30. The molecule has 0 radical (unpaired) electrons. The van der Waals surface area contributed by atoms with Crippen molar-refractivity contribution in [1.29, 1.82) is 0 Å². The largest absolute Gasteiger partial charge is 0.480 e. The number of hydrogen-bond donors (Lipinski definition) is 4. The molecule has 3 rings (SSSR count). The summed E-state index contributed by atoms with van der Waals surface area (Å²) in [6, 6.07) is 6.60. The maximum Gasteiger partial charge on any atom is 0.326 e. The lowest BCUT2D eigenvalue weighted by Gasteiger charge is -2.24. The summed E-state index contributed by atoms with van der Waals surface area (Å²) in [6.07, 6.45) is -0.354. The predicted octanol–water partition coefficient (Wildman–Crippen LogP) is 3.10. The number of nitrogens with two attached hydrogens (primary N) is 1. The first-order valence-electron chi connectivity index (χ1n) is 12.1. The predicted molar refractivity (Wildman–Crippen MR) is 139 cm³/mol. The molecule has 5 N–H and O–H groups in total. The van der Waals surface area contributed by atoms with Gasteiger partial charge in [-0.25, -0.2) is 18.0 Å². The maximum absolute atomic E-state index is 13.9. The lowest BCUT2D eigenvalue weighted by atomic mass is 10.0. The number of carboxylic acids is 1. The van der Waals surface area contributed by atoms with Gasteiger partial charge in [0.15, 0.2) is 17.0 Å². The molecule has 2 aromatic rings. The fourth-order valence-corrected chi connectivity index (χ4v) is 5.21. The summed E-state index contributed by atoms with van der Waals surface area (Å²) in [5.41, 5.74) is 7.29. The van der Waals surface area contributed by atoms with Crippen LogP contribution in [0.4, 0.5) is 18.9 Å². The number of anilines is 1. The van der Waals surface area contributed by atoms with Crippen molar-refractivity contribution in [2.75, 3.05) is 17.6 Å². The third kappa shape index (κ3) is 7.64. The van der Waals surface area contributed by atoms with Gasteiger partial charge in [-0.05, 0) is 41.7 Å². The van der Waals surface area contributed by atoms with E-state index in [1.807, 2.05) is 13.8 Å². The topological polar surface area (TPSA) is 125 Å². The van der Waals surface area contributed by atoms with Gasteiger partial charge < -0.3 is 26.4 Å². The van der Waals surface area contributed by atoms with E-state index in [2.05, 4.69) is 10.6 Å². The van der Waals surface area contributed by atoms with Gasteiger partial charge >= 0.3 is 5.97 Å². The van der Waals surface area contributed by atoms with Gasteiger partial charge in [-0.3, -0.25) is 9.59 Å². The Morgan fingerprint density at radius 1 is 1.11 bits per heavy atom. The third-order valence-corrected chi connectivity index (χ3v) is 7.32. The highest BCUT2D eigenvalue weighted by Crippen LogP contribution is 2.25. The molecule has 0 bridgehead atoms. The maximum atomic E-state index is 13.9. The Morgan fingerprint density at radius 3 is 2.39 bits per heavy atom. The molecule has 1 heterocycles. The Morgan fingerprint density at radius 2 is 1.76 bits per heavy atom. The van der Waals surface area contributed by atoms with Crippen molar-refractivity contribution in [2.24, 2.45) is 11.7 Å². The van der Waals surface area contributed by atoms with Gasteiger partial charge in [0, 0.05) is 43.1 Å². The number of carbonyl (C=O) groups is 3. The molecule has 1 aliphatic heterocycles. The van der Waals surface area contributed by atoms with Crippen LogP contribution in [0, 0.1) is 23.4 Å². The number of nitrogens with zero attached hydrogens (tertiary/aromatic N) is 1. The number of halogens is 3. The van der Waals surface area contributed by atoms with Crippen LogP contribution in [0.1, 0.15) is 31.4 Å². The summed E-state index contributed by atoms with van der Waals surface area (Å²) in [5, 5.41) is 14.4. The highest BCUT2D eigenvalue weighted by Gasteiger charge is 2.35. The summed E-state index contributed by atoms with van der Waals surface area (Å²) in [4.78, 5) is 38.5. The Bertz CT molecular complexity index is 1170. The van der Waals surface area contributed by atoms with Crippen molar-refractivity contribution >= 4 is 35.2 Å². The van der Waals surface area contributed by atoms with E-state index in [1.54, 1.807) is 24.3 Å². The van der Waals surface area contributed by atoms with Crippen molar-refractivity contribution in [3.8, 4) is 0 Å². The van der Waals surface area contributed by atoms with Crippen LogP contribution in [0.15, 0.2) is 36.4 Å². The van der Waals surface area contributed by atoms with Crippen molar-refractivity contribution in [2.45, 2.75) is 50.7 Å². The van der Waals surface area contributed by atoms with E-state index in [1.165, 1.54) is 16.7 Å². The van der Waals surface area contributed by atoms with Crippen molar-refractivity contribution in [3.05, 3.63) is 65.0 Å². The van der Waals surface area contributed by atoms with Crippen LogP contribution >= 0.6 is 11.8 Å². The van der Waals surface area contributed by atoms with Crippen molar-refractivity contribution in [3.63, 3.8) is 0 Å². The Labute approximate surface area is 223 Å². The lowest BCUT2D eigenvalue weighted by Crippen LogP contribution is -2.46. The fraction of sp³-hybridized carbons (Fsp3) is 0.423. The van der Waals surface area contributed by atoms with Crippen LogP contribution in [0.5, 0.6) is 0 Å². The number of hydrogen-bond acceptors (Lipinski definition) is 6. The Hall–Kier alpha value is -3.25. The van der Waals surface area contributed by atoms with E-state index in [4.69, 9.17) is 5.73 Å². The van der Waals surface area contributed by atoms with E-state index >= 15 is 0 Å². The standard InChI is InChI=1S/C26H31F3N4O4S/c1-14(2)23(26(36)37)32-18-5-3-15(4-6-18)13-31-24(35)25-33(7-8-38-25)22(34)11-17(30)9-16-10-20(28)21(29)12-19(16)27/h3-6,10,12,14,17,23,25,32H,7-9,11,13,30H2,1-2H3,(H,31,35)(H,36,37)/t17-,23+,25-/m1/s1. The summed E-state index contributed by atoms with van der Waals surface area (Å²) in [5.74, 6) is -4.68. The van der Waals surface area contributed by atoms with Crippen LogP contribution < -0.4 is 16.4 Å². The summed E-state index contributed by atoms with van der Waals surface area (Å²) >= 11 is 1.31. The molecule has 0 saturated carbocycles. The number of rotatable bonds is 11. The smallest absolute Gasteiger partial charge is 0.326 e. The van der Waals surface area contributed by atoms with Crippen LogP contribution in [0.25, 0.3) is 0 Å². The first-order valence-corrected chi connectivity index (χ1v) is 13.2. The number of benzene rings is 2. The van der Waals surface area contributed by atoms with Crippen LogP contribution in [0.3, 0.4) is 0 Å². The summed E-state index contributed by atoms with van der Waals surface area (Å²) in [6.45, 7) is 4.17. The van der Waals surface area contributed by atoms with Gasteiger partial charge in [-0.2, -0.15) is 0 Å². The minimum absolute atomic E-state index is 0.109. The van der Waals surface area contributed by atoms with E-state index < -0.39 is 40.9 Å². The van der Waals surface area contributed by atoms with E-state index in [0.717, 1.165) is 11.6 Å². The quantitative estimate of drug-likeness (QED) is 0.316. The minimum Gasteiger partial charge on any atom is -0.480 e. The zero-order valence-electron chi connectivity index (χ0n) is 21.0. The molecule has 2 amide bonds. The zero-order chi connectivity index (χ0) is 28.0. The SMILES string of the molecule is CC(C)[C@H](Nc1ccc(CNC(=O)[C@H]2SCCN2C(=O)C[C@H](N)Cc2cc(F)c(F)cc2F)cc1)C(=O)O. The van der Waals surface area contributed by atoms with Crippen LogP contribution in [-0.2, 0) is 27.3 Å². The molecule has 38 heavy (non-hydrogen) atoms. The fourth-order valence-electron chi connectivity index (χ4n) is 4.05. The molecule has 0 aromatic heterocycles. The number of aliphatic carboxylic acids is 1. The Kier molecular flexibility index (Phi) is 10.0. The van der Waals surface area contributed by atoms with Gasteiger partial charge in [0.05, 0.1) is 0 Å². The molecule has 0 spiro atoms. The zero-order valence-corrected chi connectivity index (χ0v) is 21.9. The van der Waals surface area contributed by atoms with E-state index in [0.29, 0.717) is 24.1 Å². The number of carboxylic acid groups (broad SMARTS) is 1. The molecular weight excluding hydrogens is 521 g/mol. The monoisotopic (exact) mass is 552 g/mol. The summed E-state index contributed by atoms with van der Waals surface area (Å²) in [7, 11) is 0. The molecule has 0 aliphatic carbocycles. The molecule has 12 heteroatoms. The molecule has 1 saturated heterocycles. The molecule has 2 aromatic carbocycles. The van der Waals surface area contributed by atoms with Gasteiger partial charge in [0.25, 0.3) is 5.91 Å². The molecule has 0 unspecified atom stereocenters. The normalized spacial score (nSPS) is 16.8. The number of carbonyl (C=O) groups excluding carboxylic acids is 2. The molecule has 1 aliphatic rings. The first kappa shape index (κ1) is 29.3. The van der Waals surface area contributed by atoms with Crippen LogP contribution in [-0.4, -0.2) is 57.5 Å². The van der Waals surface area contributed by atoms with Crippen molar-refractivity contribution < 1.29 is 32.7 Å². The molecule has 3 atom stereocenters. The van der Waals surface area contributed by atoms with Gasteiger partial charge in [-0.1, -0.05) is 26.0 Å². The van der Waals surface area contributed by atoms with Gasteiger partial charge in [0.2, 0.25) is 5.91 Å². The highest BCUT2D eigenvalue weighted by molar-refractivity contribution is 8.00. The molecule has 1 fully saturated rings. The summed E-state index contributed by atoms with van der Waals surface area (Å²) < 4.78 is 40.5. The lowest BCUT2D eigenvalue weighted by molar-refractivity contribution is -0.138. The third-order valence-electron chi connectivity index (χ3n) is 6.12. The second-order valence-corrected chi connectivity index (χ2v) is 10.6. The van der Waals surface area contributed by atoms with E-state index in [9.17, 15) is 32.7 Å². The molecular formula is C26H31F3N4O4S. The first-order chi connectivity index (χ1) is 18.0. The Balaban J connectivity index is 1.52. The number of nitrogens with one attached hydrogen (secondary N) is 2. The van der Waals surface area contributed by atoms with Crippen LogP contribution in [0.2, 0.25) is 0 Å². The second kappa shape index (κ2) is 13.0. The molecule has 8 nitrogen and oxygen atoms in total. The van der Waals surface area contributed by atoms with Crippen molar-refractivity contribution in [1.82, 2.24) is 10.2 Å². The van der Waals surface area contributed by atoms with Gasteiger partial charge in [-0.15, -0.1) is 11.8 Å². The number of thioether (sulfide) groups is 1. The average molecular weight is 553 g/mol. The highest BCUT2D eigenvalue weighted by atomic mass is 32.2. The molecule has 206 valence electrons. The number of amides is 2. The average Bonchev–Trinajstić information content (AvgIpc) is 3.35. The van der Waals surface area contributed by atoms with E-state index in [-0.39, 0.29) is 42.7 Å². The second-order valence-electron chi connectivity index (χ2n) is 9.46. The van der Waals surface area contributed by atoms with Gasteiger partial charge in [0.1, 0.15) is 11.9 Å².